The molecule has 10 heteroatoms. The number of alkyl halides is 3. The molecule has 0 amide bonds. The van der Waals surface area contributed by atoms with Gasteiger partial charge < -0.3 is 5.32 Å². The summed E-state index contributed by atoms with van der Waals surface area (Å²) < 4.78 is 60.3. The highest BCUT2D eigenvalue weighted by Crippen LogP contribution is 2.23. The van der Waals surface area contributed by atoms with Gasteiger partial charge in [0.1, 0.15) is 0 Å². The molecule has 112 valence electrons. The van der Waals surface area contributed by atoms with Crippen LogP contribution >= 0.6 is 0 Å². The third kappa shape index (κ3) is 4.04. The summed E-state index contributed by atoms with van der Waals surface area (Å²) in [6.45, 7) is 0.247. The summed E-state index contributed by atoms with van der Waals surface area (Å²) in [5.74, 6) is -0.546. The molecular weight excluding hydrogens is 297 g/mol. The monoisotopic (exact) mass is 310 g/mol. The van der Waals surface area contributed by atoms with Crippen molar-refractivity contribution in [3.8, 4) is 0 Å². The minimum Gasteiger partial charge on any atom is -0.349 e. The lowest BCUT2D eigenvalue weighted by molar-refractivity contribution is -0.130. The van der Waals surface area contributed by atoms with Crippen LogP contribution in [-0.4, -0.2) is 53.8 Å². The summed E-state index contributed by atoms with van der Waals surface area (Å²) >= 11 is 0. The van der Waals surface area contributed by atoms with Gasteiger partial charge in [0, 0.05) is 25.5 Å². The average molecular weight is 310 g/mol. The van der Waals surface area contributed by atoms with Gasteiger partial charge in [-0.15, -0.1) is 0 Å². The van der Waals surface area contributed by atoms with Crippen molar-refractivity contribution < 1.29 is 21.6 Å². The SMILES string of the molecule is O=S(=O)(CCC(F)(F)F)N1CC(Nc2ncccn2)C1. The molecule has 2 rings (SSSR count). The number of aromatic nitrogens is 2. The van der Waals surface area contributed by atoms with Crippen LogP contribution in [0.3, 0.4) is 0 Å². The van der Waals surface area contributed by atoms with E-state index in [1.54, 1.807) is 6.07 Å². The van der Waals surface area contributed by atoms with E-state index in [0.717, 1.165) is 4.31 Å². The van der Waals surface area contributed by atoms with E-state index in [2.05, 4.69) is 15.3 Å². The first-order valence-electron chi connectivity index (χ1n) is 5.84. The van der Waals surface area contributed by atoms with Gasteiger partial charge in [-0.2, -0.15) is 17.5 Å². The fourth-order valence-corrected chi connectivity index (χ4v) is 3.25. The zero-order valence-corrected chi connectivity index (χ0v) is 11.2. The molecule has 0 atom stereocenters. The first kappa shape index (κ1) is 15.0. The Hall–Kier alpha value is -1.42. The number of hydrogen-bond donors (Lipinski definition) is 1. The van der Waals surface area contributed by atoms with Crippen molar-refractivity contribution in [2.24, 2.45) is 0 Å². The fourth-order valence-electron chi connectivity index (χ4n) is 1.69. The number of sulfonamides is 1. The van der Waals surface area contributed by atoms with Crippen LogP contribution < -0.4 is 5.32 Å². The van der Waals surface area contributed by atoms with E-state index in [0.29, 0.717) is 5.95 Å². The fraction of sp³-hybridized carbons (Fsp3) is 0.600. The first-order valence-corrected chi connectivity index (χ1v) is 7.45. The minimum atomic E-state index is -4.46. The molecule has 1 aliphatic heterocycles. The molecule has 0 aliphatic carbocycles. The minimum absolute atomic E-state index is 0.123. The molecule has 1 N–H and O–H groups in total. The number of halogens is 3. The molecule has 0 radical (unpaired) electrons. The molecule has 1 aromatic heterocycles. The van der Waals surface area contributed by atoms with Gasteiger partial charge in [0.05, 0.1) is 18.2 Å². The van der Waals surface area contributed by atoms with Crippen molar-refractivity contribution in [1.29, 1.82) is 0 Å². The molecule has 0 spiro atoms. The van der Waals surface area contributed by atoms with Crippen LogP contribution in [-0.2, 0) is 10.0 Å². The van der Waals surface area contributed by atoms with Crippen molar-refractivity contribution in [1.82, 2.24) is 14.3 Å². The Morgan fingerprint density at radius 3 is 2.45 bits per heavy atom. The van der Waals surface area contributed by atoms with Crippen LogP contribution in [0.2, 0.25) is 0 Å². The van der Waals surface area contributed by atoms with Gasteiger partial charge in [0.2, 0.25) is 16.0 Å². The molecule has 0 aromatic carbocycles. The lowest BCUT2D eigenvalue weighted by Gasteiger charge is -2.38. The van der Waals surface area contributed by atoms with E-state index in [4.69, 9.17) is 0 Å². The van der Waals surface area contributed by atoms with E-state index < -0.39 is 28.4 Å². The molecule has 1 saturated heterocycles. The summed E-state index contributed by atoms with van der Waals surface area (Å²) in [7, 11) is -3.85. The van der Waals surface area contributed by atoms with Crippen LogP contribution in [0.1, 0.15) is 6.42 Å². The van der Waals surface area contributed by atoms with E-state index >= 15 is 0 Å². The predicted octanol–water partition coefficient (Wildman–Crippen LogP) is 0.855. The van der Waals surface area contributed by atoms with E-state index in [1.807, 2.05) is 0 Å². The third-order valence-electron chi connectivity index (χ3n) is 2.78. The number of anilines is 1. The normalized spacial score (nSPS) is 17.8. The van der Waals surface area contributed by atoms with E-state index in [9.17, 15) is 21.6 Å². The Morgan fingerprint density at radius 2 is 1.90 bits per heavy atom. The molecule has 0 unspecified atom stereocenters. The van der Waals surface area contributed by atoms with Gasteiger partial charge in [-0.25, -0.2) is 18.4 Å². The topological polar surface area (TPSA) is 75.2 Å². The maximum atomic E-state index is 12.0. The van der Waals surface area contributed by atoms with Gasteiger partial charge in [-0.3, -0.25) is 0 Å². The number of nitrogens with one attached hydrogen (secondary N) is 1. The lowest BCUT2D eigenvalue weighted by Crippen LogP contribution is -2.57. The maximum Gasteiger partial charge on any atom is 0.390 e. The molecule has 2 heterocycles. The molecule has 0 bridgehead atoms. The van der Waals surface area contributed by atoms with Gasteiger partial charge in [0.25, 0.3) is 0 Å². The van der Waals surface area contributed by atoms with Gasteiger partial charge in [-0.05, 0) is 6.07 Å². The summed E-state index contributed by atoms with van der Waals surface area (Å²) in [6, 6.07) is 1.46. The Kier molecular flexibility index (Phi) is 4.14. The highest BCUT2D eigenvalue weighted by Gasteiger charge is 2.38. The smallest absolute Gasteiger partial charge is 0.349 e. The van der Waals surface area contributed by atoms with Crippen LogP contribution in [0.15, 0.2) is 18.5 Å². The van der Waals surface area contributed by atoms with Crippen molar-refractivity contribution in [3.05, 3.63) is 18.5 Å². The molecule has 1 aliphatic rings. The van der Waals surface area contributed by atoms with Crippen molar-refractivity contribution in [2.75, 3.05) is 24.2 Å². The summed E-state index contributed by atoms with van der Waals surface area (Å²) in [5.41, 5.74) is 0. The molecule has 0 saturated carbocycles. The zero-order chi connectivity index (χ0) is 14.8. The van der Waals surface area contributed by atoms with Crippen LogP contribution in [0.5, 0.6) is 0 Å². The molecular formula is C10H13F3N4O2S. The second-order valence-electron chi connectivity index (χ2n) is 4.41. The van der Waals surface area contributed by atoms with Crippen molar-refractivity contribution in [2.45, 2.75) is 18.6 Å². The maximum absolute atomic E-state index is 12.0. The Bertz CT molecular complexity index is 543. The number of nitrogens with zero attached hydrogens (tertiary/aromatic N) is 3. The van der Waals surface area contributed by atoms with Crippen molar-refractivity contribution in [3.63, 3.8) is 0 Å². The van der Waals surface area contributed by atoms with Gasteiger partial charge in [-0.1, -0.05) is 0 Å². The Balaban J connectivity index is 1.80. The van der Waals surface area contributed by atoms with Crippen LogP contribution in [0.4, 0.5) is 19.1 Å². The van der Waals surface area contributed by atoms with Gasteiger partial charge in [0.15, 0.2) is 0 Å². The highest BCUT2D eigenvalue weighted by molar-refractivity contribution is 7.89. The predicted molar refractivity (Wildman–Crippen MR) is 65.5 cm³/mol. The summed E-state index contributed by atoms with van der Waals surface area (Å²) in [5, 5.41) is 2.90. The highest BCUT2D eigenvalue weighted by atomic mass is 32.2. The standard InChI is InChI=1S/C10H13F3N4O2S/c11-10(12,13)2-5-20(18,19)17-6-8(7-17)16-9-14-3-1-4-15-9/h1,3-4,8H,2,5-7H2,(H,14,15,16). The lowest BCUT2D eigenvalue weighted by atomic mass is 10.2. The molecule has 20 heavy (non-hydrogen) atoms. The van der Waals surface area contributed by atoms with Crippen LogP contribution in [0.25, 0.3) is 0 Å². The van der Waals surface area contributed by atoms with Gasteiger partial charge >= 0.3 is 6.18 Å². The first-order chi connectivity index (χ1) is 9.26. The largest absolute Gasteiger partial charge is 0.390 e. The second kappa shape index (κ2) is 5.52. The summed E-state index contributed by atoms with van der Waals surface area (Å²) in [6.07, 6.45) is -2.73. The summed E-state index contributed by atoms with van der Waals surface area (Å²) in [4.78, 5) is 7.83. The molecule has 6 nitrogen and oxygen atoms in total. The average Bonchev–Trinajstić information content (AvgIpc) is 2.31. The number of hydrogen-bond acceptors (Lipinski definition) is 5. The van der Waals surface area contributed by atoms with Crippen LogP contribution in [0, 0.1) is 0 Å². The van der Waals surface area contributed by atoms with Crippen molar-refractivity contribution >= 4 is 16.0 Å². The second-order valence-corrected chi connectivity index (χ2v) is 6.50. The molecule has 1 aromatic rings. The van der Waals surface area contributed by atoms with E-state index in [-0.39, 0.29) is 19.1 Å². The zero-order valence-electron chi connectivity index (χ0n) is 10.3. The Morgan fingerprint density at radius 1 is 1.30 bits per heavy atom. The number of rotatable bonds is 5. The third-order valence-corrected chi connectivity index (χ3v) is 4.59. The van der Waals surface area contributed by atoms with E-state index in [1.165, 1.54) is 12.4 Å². The quantitative estimate of drug-likeness (QED) is 0.873. The Labute approximate surface area is 114 Å². The molecule has 1 fully saturated rings.